The lowest BCUT2D eigenvalue weighted by Crippen LogP contribution is -2.43. The normalized spacial score (nSPS) is 16.6. The number of nitrogens with zero attached hydrogens (tertiary/aromatic N) is 1. The molecule has 0 aliphatic carbocycles. The highest BCUT2D eigenvalue weighted by atomic mass is 19.4. The van der Waals surface area contributed by atoms with Crippen LogP contribution in [-0.2, 0) is 22.3 Å². The lowest BCUT2D eigenvalue weighted by Gasteiger charge is -2.30. The average Bonchev–Trinajstić information content (AvgIpc) is 2.51. The Morgan fingerprint density at radius 2 is 1.84 bits per heavy atom. The van der Waals surface area contributed by atoms with E-state index in [0.717, 1.165) is 12.1 Å². The first-order chi connectivity index (χ1) is 11.6. The highest BCUT2D eigenvalue weighted by Crippen LogP contribution is 2.30. The predicted octanol–water partition coefficient (Wildman–Crippen LogP) is 1.66. The van der Waals surface area contributed by atoms with E-state index in [2.05, 4.69) is 5.32 Å². The summed E-state index contributed by atoms with van der Waals surface area (Å²) in [5.41, 5.74) is 4.08. The molecule has 1 saturated heterocycles. The van der Waals surface area contributed by atoms with Gasteiger partial charge in [-0.05, 0) is 49.7 Å². The van der Waals surface area contributed by atoms with Crippen LogP contribution in [0, 0.1) is 11.7 Å². The van der Waals surface area contributed by atoms with Gasteiger partial charge in [-0.15, -0.1) is 0 Å². The summed E-state index contributed by atoms with van der Waals surface area (Å²) in [5.74, 6) is -2.02. The van der Waals surface area contributed by atoms with Crippen molar-refractivity contribution >= 4 is 11.8 Å². The Hall–Kier alpha value is -2.16. The monoisotopic (exact) mass is 361 g/mol. The molecule has 1 fully saturated rings. The molecule has 0 unspecified atom stereocenters. The highest BCUT2D eigenvalue weighted by Gasteiger charge is 2.31. The van der Waals surface area contributed by atoms with Gasteiger partial charge in [0.05, 0.1) is 12.1 Å². The van der Waals surface area contributed by atoms with Gasteiger partial charge in [0.2, 0.25) is 11.8 Å². The smallest absolute Gasteiger partial charge is 0.369 e. The van der Waals surface area contributed by atoms with Crippen LogP contribution in [0.2, 0.25) is 0 Å². The minimum Gasteiger partial charge on any atom is -0.369 e. The molecule has 0 bridgehead atoms. The Labute approximate surface area is 142 Å². The lowest BCUT2D eigenvalue weighted by atomic mass is 9.95. The van der Waals surface area contributed by atoms with Crippen LogP contribution in [0.3, 0.4) is 0 Å². The van der Waals surface area contributed by atoms with Crippen LogP contribution in [0.4, 0.5) is 17.6 Å². The first kappa shape index (κ1) is 19.2. The molecule has 0 spiro atoms. The van der Waals surface area contributed by atoms with E-state index in [0.29, 0.717) is 32.0 Å². The van der Waals surface area contributed by atoms with Gasteiger partial charge >= 0.3 is 6.18 Å². The molecule has 1 aliphatic heterocycles. The molecule has 5 nitrogen and oxygen atoms in total. The van der Waals surface area contributed by atoms with Gasteiger partial charge < -0.3 is 11.1 Å². The molecule has 9 heteroatoms. The molecular weight excluding hydrogens is 342 g/mol. The molecule has 1 aliphatic rings. The van der Waals surface area contributed by atoms with Gasteiger partial charge in [0.1, 0.15) is 5.82 Å². The van der Waals surface area contributed by atoms with Gasteiger partial charge in [0.25, 0.3) is 0 Å². The standard InChI is InChI=1S/C16H19F4N3O2/c17-13-6-10(5-12(7-13)16(18,19)20)8-22-15(25)11-1-3-23(4-2-11)9-14(21)24/h5-7,11H,1-4,8-9H2,(H2,21,24)(H,22,25). The van der Waals surface area contributed by atoms with Crippen molar-refractivity contribution in [2.75, 3.05) is 19.6 Å². The van der Waals surface area contributed by atoms with E-state index in [-0.39, 0.29) is 30.5 Å². The van der Waals surface area contributed by atoms with Crippen LogP contribution < -0.4 is 11.1 Å². The Kier molecular flexibility index (Phi) is 5.99. The third-order valence-electron chi connectivity index (χ3n) is 4.09. The van der Waals surface area contributed by atoms with Gasteiger partial charge in [-0.1, -0.05) is 0 Å². The van der Waals surface area contributed by atoms with Gasteiger partial charge in [0.15, 0.2) is 0 Å². The molecule has 138 valence electrons. The summed E-state index contributed by atoms with van der Waals surface area (Å²) < 4.78 is 51.3. The fourth-order valence-electron chi connectivity index (χ4n) is 2.82. The Morgan fingerprint density at radius 1 is 1.20 bits per heavy atom. The minimum atomic E-state index is -4.64. The second kappa shape index (κ2) is 7.81. The molecule has 2 rings (SSSR count). The summed E-state index contributed by atoms with van der Waals surface area (Å²) in [4.78, 5) is 24.8. The maximum absolute atomic E-state index is 13.3. The number of benzene rings is 1. The molecule has 0 aromatic heterocycles. The van der Waals surface area contributed by atoms with E-state index >= 15 is 0 Å². The summed E-state index contributed by atoms with van der Waals surface area (Å²) >= 11 is 0. The number of hydrogen-bond acceptors (Lipinski definition) is 3. The number of carbonyl (C=O) groups excluding carboxylic acids is 2. The zero-order valence-corrected chi connectivity index (χ0v) is 13.4. The highest BCUT2D eigenvalue weighted by molar-refractivity contribution is 5.79. The third kappa shape index (κ3) is 5.70. The summed E-state index contributed by atoms with van der Waals surface area (Å²) in [5, 5.41) is 2.55. The van der Waals surface area contributed by atoms with E-state index in [4.69, 9.17) is 5.73 Å². The fraction of sp³-hybridized carbons (Fsp3) is 0.500. The maximum Gasteiger partial charge on any atom is 0.416 e. The molecule has 0 saturated carbocycles. The number of carbonyl (C=O) groups is 2. The second-order valence-electron chi connectivity index (χ2n) is 6.08. The van der Waals surface area contributed by atoms with Crippen molar-refractivity contribution in [1.82, 2.24) is 10.2 Å². The number of halogens is 4. The van der Waals surface area contributed by atoms with Gasteiger partial charge in [-0.25, -0.2) is 4.39 Å². The number of primary amides is 1. The molecule has 0 radical (unpaired) electrons. The van der Waals surface area contributed by atoms with E-state index < -0.39 is 23.5 Å². The number of piperidine rings is 1. The molecule has 2 amide bonds. The zero-order valence-electron chi connectivity index (χ0n) is 13.4. The predicted molar refractivity (Wildman–Crippen MR) is 81.6 cm³/mol. The topological polar surface area (TPSA) is 75.4 Å². The Balaban J connectivity index is 1.88. The fourth-order valence-corrected chi connectivity index (χ4v) is 2.82. The molecule has 3 N–H and O–H groups in total. The van der Waals surface area contributed by atoms with Crippen LogP contribution in [0.1, 0.15) is 24.0 Å². The number of hydrogen-bond donors (Lipinski definition) is 2. The number of likely N-dealkylation sites (tertiary alicyclic amines) is 1. The number of nitrogens with one attached hydrogen (secondary N) is 1. The van der Waals surface area contributed by atoms with Gasteiger partial charge in [0, 0.05) is 12.5 Å². The first-order valence-electron chi connectivity index (χ1n) is 7.80. The summed E-state index contributed by atoms with van der Waals surface area (Å²) in [7, 11) is 0. The van der Waals surface area contributed by atoms with Crippen molar-refractivity contribution in [2.45, 2.75) is 25.6 Å². The maximum atomic E-state index is 13.3. The Morgan fingerprint density at radius 3 is 2.40 bits per heavy atom. The molecule has 25 heavy (non-hydrogen) atoms. The zero-order chi connectivity index (χ0) is 18.6. The lowest BCUT2D eigenvalue weighted by molar-refractivity contribution is -0.137. The molecule has 0 atom stereocenters. The average molecular weight is 361 g/mol. The van der Waals surface area contributed by atoms with E-state index in [9.17, 15) is 27.2 Å². The number of rotatable bonds is 5. The van der Waals surface area contributed by atoms with Crippen molar-refractivity contribution in [3.63, 3.8) is 0 Å². The summed E-state index contributed by atoms with van der Waals surface area (Å²) in [6, 6.07) is 2.20. The minimum absolute atomic E-state index is 0.0480. The van der Waals surface area contributed by atoms with Crippen molar-refractivity contribution in [2.24, 2.45) is 11.7 Å². The van der Waals surface area contributed by atoms with E-state index in [1.165, 1.54) is 0 Å². The van der Waals surface area contributed by atoms with Crippen molar-refractivity contribution < 1.29 is 27.2 Å². The van der Waals surface area contributed by atoms with E-state index in [1.54, 1.807) is 0 Å². The number of amides is 2. The molecule has 1 aromatic rings. The SMILES string of the molecule is NC(=O)CN1CCC(C(=O)NCc2cc(F)cc(C(F)(F)F)c2)CC1. The van der Waals surface area contributed by atoms with Crippen molar-refractivity contribution in [3.8, 4) is 0 Å². The van der Waals surface area contributed by atoms with Crippen LogP contribution in [-0.4, -0.2) is 36.3 Å². The van der Waals surface area contributed by atoms with Gasteiger partial charge in [-0.2, -0.15) is 13.2 Å². The summed E-state index contributed by atoms with van der Waals surface area (Å²) in [6.45, 7) is 1.04. The van der Waals surface area contributed by atoms with Crippen LogP contribution >= 0.6 is 0 Å². The molecule has 1 heterocycles. The number of nitrogens with two attached hydrogens (primary N) is 1. The van der Waals surface area contributed by atoms with E-state index in [1.807, 2.05) is 4.90 Å². The molecular formula is C16H19F4N3O2. The Bertz CT molecular complexity index is 641. The second-order valence-corrected chi connectivity index (χ2v) is 6.08. The van der Waals surface area contributed by atoms with Crippen LogP contribution in [0.5, 0.6) is 0 Å². The summed E-state index contributed by atoms with van der Waals surface area (Å²) in [6.07, 6.45) is -3.60. The quantitative estimate of drug-likeness (QED) is 0.784. The van der Waals surface area contributed by atoms with Crippen LogP contribution in [0.15, 0.2) is 18.2 Å². The largest absolute Gasteiger partial charge is 0.416 e. The number of alkyl halides is 3. The molecule has 1 aromatic carbocycles. The third-order valence-corrected chi connectivity index (χ3v) is 4.09. The van der Waals surface area contributed by atoms with Crippen molar-refractivity contribution in [3.05, 3.63) is 35.1 Å². The van der Waals surface area contributed by atoms with Crippen LogP contribution in [0.25, 0.3) is 0 Å². The van der Waals surface area contributed by atoms with Gasteiger partial charge in [-0.3, -0.25) is 14.5 Å². The van der Waals surface area contributed by atoms with Crippen molar-refractivity contribution in [1.29, 1.82) is 0 Å². The first-order valence-corrected chi connectivity index (χ1v) is 7.80.